The van der Waals surface area contributed by atoms with E-state index in [2.05, 4.69) is 23.7 Å². The molecule has 7 heteroatoms. The van der Waals surface area contributed by atoms with Gasteiger partial charge in [-0.05, 0) is 26.3 Å². The summed E-state index contributed by atoms with van der Waals surface area (Å²) in [4.78, 5) is 26.6. The number of anilines is 1. The molecule has 4 rings (SSSR count). The second-order valence-electron chi connectivity index (χ2n) is 7.97. The van der Waals surface area contributed by atoms with Gasteiger partial charge in [0.1, 0.15) is 17.0 Å². The SMILES string of the molecule is Cc1nc2c(c(N3C[C@H](C)O[C@@H](C)C3)n1)CN(C(=O)[C@H](Cl)c1ccccc1)CC2. The number of fused-ring (bicyclic) bond motifs is 1. The smallest absolute Gasteiger partial charge is 0.245 e. The molecule has 0 aliphatic carbocycles. The Morgan fingerprint density at radius 2 is 1.86 bits per heavy atom. The van der Waals surface area contributed by atoms with Crippen molar-refractivity contribution in [2.24, 2.45) is 0 Å². The first-order valence-electron chi connectivity index (χ1n) is 10.2. The van der Waals surface area contributed by atoms with Gasteiger partial charge in [0.25, 0.3) is 0 Å². The Morgan fingerprint density at radius 3 is 2.55 bits per heavy atom. The average Bonchev–Trinajstić information content (AvgIpc) is 2.71. The lowest BCUT2D eigenvalue weighted by Crippen LogP contribution is -2.47. The van der Waals surface area contributed by atoms with E-state index in [4.69, 9.17) is 21.3 Å². The molecule has 1 saturated heterocycles. The van der Waals surface area contributed by atoms with E-state index in [1.807, 2.05) is 42.2 Å². The summed E-state index contributed by atoms with van der Waals surface area (Å²) in [6.45, 7) is 8.76. The van der Waals surface area contributed by atoms with Crippen LogP contribution in [0.1, 0.15) is 41.9 Å². The van der Waals surface area contributed by atoms with Crippen LogP contribution in [0, 0.1) is 6.92 Å². The van der Waals surface area contributed by atoms with Crippen molar-refractivity contribution in [3.8, 4) is 0 Å². The zero-order valence-electron chi connectivity index (χ0n) is 17.1. The molecule has 1 aromatic heterocycles. The van der Waals surface area contributed by atoms with E-state index >= 15 is 0 Å². The van der Waals surface area contributed by atoms with Crippen LogP contribution in [-0.4, -0.2) is 52.6 Å². The standard InChI is InChI=1S/C22H27ClN4O2/c1-14-11-27(12-15(2)29-14)21-18-13-26(10-9-19(18)24-16(3)25-21)22(28)20(23)17-7-5-4-6-8-17/h4-8,14-15,20H,9-13H2,1-3H3/t14-,15-,20+/m0/s1. The molecule has 2 aromatic rings. The van der Waals surface area contributed by atoms with Crippen molar-refractivity contribution in [1.82, 2.24) is 14.9 Å². The van der Waals surface area contributed by atoms with E-state index in [9.17, 15) is 4.79 Å². The second kappa shape index (κ2) is 8.28. The van der Waals surface area contributed by atoms with Crippen molar-refractivity contribution in [3.63, 3.8) is 0 Å². The maximum absolute atomic E-state index is 13.1. The molecule has 6 nitrogen and oxygen atoms in total. The van der Waals surface area contributed by atoms with Gasteiger partial charge in [0.15, 0.2) is 0 Å². The van der Waals surface area contributed by atoms with E-state index in [1.54, 1.807) is 0 Å². The van der Waals surface area contributed by atoms with Crippen LogP contribution in [0.5, 0.6) is 0 Å². The third-order valence-corrected chi connectivity index (χ3v) is 5.93. The second-order valence-corrected chi connectivity index (χ2v) is 8.40. The fraction of sp³-hybridized carbons (Fsp3) is 0.500. The Hall–Kier alpha value is -2.18. The Labute approximate surface area is 176 Å². The molecule has 0 N–H and O–H groups in total. The summed E-state index contributed by atoms with van der Waals surface area (Å²) < 4.78 is 5.88. The summed E-state index contributed by atoms with van der Waals surface area (Å²) in [5, 5.41) is -0.684. The highest BCUT2D eigenvalue weighted by atomic mass is 35.5. The summed E-state index contributed by atoms with van der Waals surface area (Å²) in [7, 11) is 0. The molecule has 1 amide bonds. The van der Waals surface area contributed by atoms with Crippen LogP contribution in [0.15, 0.2) is 30.3 Å². The number of rotatable bonds is 3. The van der Waals surface area contributed by atoms with Gasteiger partial charge in [0.2, 0.25) is 5.91 Å². The molecular weight excluding hydrogens is 388 g/mol. The van der Waals surface area contributed by atoms with Gasteiger partial charge in [-0.25, -0.2) is 9.97 Å². The van der Waals surface area contributed by atoms with Crippen LogP contribution in [0.3, 0.4) is 0 Å². The van der Waals surface area contributed by atoms with Crippen molar-refractivity contribution in [2.45, 2.75) is 51.3 Å². The molecule has 154 valence electrons. The number of alkyl halides is 1. The van der Waals surface area contributed by atoms with Crippen molar-refractivity contribution < 1.29 is 9.53 Å². The van der Waals surface area contributed by atoms with Gasteiger partial charge in [-0.1, -0.05) is 30.3 Å². The van der Waals surface area contributed by atoms with Crippen LogP contribution in [0.25, 0.3) is 0 Å². The van der Waals surface area contributed by atoms with E-state index in [0.29, 0.717) is 19.5 Å². The summed E-state index contributed by atoms with van der Waals surface area (Å²) in [5.41, 5.74) is 2.89. The third kappa shape index (κ3) is 4.23. The van der Waals surface area contributed by atoms with Gasteiger partial charge < -0.3 is 14.5 Å². The first-order valence-corrected chi connectivity index (χ1v) is 10.6. The van der Waals surface area contributed by atoms with Gasteiger partial charge in [-0.2, -0.15) is 0 Å². The number of hydrogen-bond acceptors (Lipinski definition) is 5. The third-order valence-electron chi connectivity index (χ3n) is 5.49. The van der Waals surface area contributed by atoms with Gasteiger partial charge in [-0.3, -0.25) is 4.79 Å². The van der Waals surface area contributed by atoms with E-state index in [1.165, 1.54) is 0 Å². The van der Waals surface area contributed by atoms with Gasteiger partial charge in [-0.15, -0.1) is 11.6 Å². The molecule has 3 heterocycles. The maximum atomic E-state index is 13.1. The van der Waals surface area contributed by atoms with Crippen LogP contribution in [0.2, 0.25) is 0 Å². The Bertz CT molecular complexity index is 882. The number of aromatic nitrogens is 2. The monoisotopic (exact) mass is 414 g/mol. The molecule has 0 unspecified atom stereocenters. The first kappa shape index (κ1) is 20.1. The van der Waals surface area contributed by atoms with Crippen molar-refractivity contribution in [2.75, 3.05) is 24.5 Å². The van der Waals surface area contributed by atoms with Gasteiger partial charge >= 0.3 is 0 Å². The highest BCUT2D eigenvalue weighted by Gasteiger charge is 2.32. The van der Waals surface area contributed by atoms with Gasteiger partial charge in [0, 0.05) is 31.6 Å². The molecular formula is C22H27ClN4O2. The molecule has 0 saturated carbocycles. The highest BCUT2D eigenvalue weighted by molar-refractivity contribution is 6.30. The average molecular weight is 415 g/mol. The number of carbonyl (C=O) groups is 1. The highest BCUT2D eigenvalue weighted by Crippen LogP contribution is 2.31. The number of morpholine rings is 1. The van der Waals surface area contributed by atoms with Crippen LogP contribution in [0.4, 0.5) is 5.82 Å². The fourth-order valence-corrected chi connectivity index (χ4v) is 4.53. The number of amides is 1. The van der Waals surface area contributed by atoms with Crippen LogP contribution >= 0.6 is 11.6 Å². The minimum absolute atomic E-state index is 0.0706. The minimum atomic E-state index is -0.684. The largest absolute Gasteiger partial charge is 0.372 e. The van der Waals surface area contributed by atoms with Crippen molar-refractivity contribution >= 4 is 23.3 Å². The summed E-state index contributed by atoms with van der Waals surface area (Å²) in [6, 6.07) is 9.51. The number of aryl methyl sites for hydroxylation is 1. The molecule has 0 bridgehead atoms. The Kier molecular flexibility index (Phi) is 5.74. The quantitative estimate of drug-likeness (QED) is 0.721. The lowest BCUT2D eigenvalue weighted by Gasteiger charge is -2.39. The summed E-state index contributed by atoms with van der Waals surface area (Å²) >= 11 is 6.52. The first-order chi connectivity index (χ1) is 13.9. The lowest BCUT2D eigenvalue weighted by molar-refractivity contribution is -0.131. The Morgan fingerprint density at radius 1 is 1.17 bits per heavy atom. The van der Waals surface area contributed by atoms with Gasteiger partial charge in [0.05, 0.1) is 24.4 Å². The molecule has 1 aromatic carbocycles. The van der Waals surface area contributed by atoms with Crippen molar-refractivity contribution in [1.29, 1.82) is 0 Å². The zero-order valence-corrected chi connectivity index (χ0v) is 17.9. The molecule has 0 spiro atoms. The summed E-state index contributed by atoms with van der Waals surface area (Å²) in [5.74, 6) is 1.63. The maximum Gasteiger partial charge on any atom is 0.245 e. The normalized spacial score (nSPS) is 22.9. The molecule has 2 aliphatic heterocycles. The molecule has 29 heavy (non-hydrogen) atoms. The minimum Gasteiger partial charge on any atom is -0.372 e. The number of ether oxygens (including phenoxy) is 1. The zero-order chi connectivity index (χ0) is 20.5. The topological polar surface area (TPSA) is 58.6 Å². The van der Waals surface area contributed by atoms with Crippen molar-refractivity contribution in [3.05, 3.63) is 53.0 Å². The number of carbonyl (C=O) groups excluding carboxylic acids is 1. The molecule has 0 radical (unpaired) electrons. The molecule has 1 fully saturated rings. The van der Waals surface area contributed by atoms with E-state index < -0.39 is 5.38 Å². The molecule has 2 aliphatic rings. The number of nitrogens with zero attached hydrogens (tertiary/aromatic N) is 4. The number of benzene rings is 1. The summed E-state index contributed by atoms with van der Waals surface area (Å²) in [6.07, 6.45) is 0.984. The fourth-order valence-electron chi connectivity index (χ4n) is 4.24. The number of hydrogen-bond donors (Lipinski definition) is 0. The lowest BCUT2D eigenvalue weighted by atomic mass is 10.0. The van der Waals surface area contributed by atoms with E-state index in [-0.39, 0.29) is 18.1 Å². The van der Waals surface area contributed by atoms with Crippen LogP contribution in [-0.2, 0) is 22.5 Å². The molecule has 3 atom stereocenters. The van der Waals surface area contributed by atoms with E-state index in [0.717, 1.165) is 41.6 Å². The van der Waals surface area contributed by atoms with Crippen LogP contribution < -0.4 is 4.90 Å². The number of halogens is 1. The predicted octanol–water partition coefficient (Wildman–Crippen LogP) is 3.26. The predicted molar refractivity (Wildman–Crippen MR) is 113 cm³/mol. The Balaban J connectivity index is 1.60.